The van der Waals surface area contributed by atoms with E-state index in [1.54, 1.807) is 4.81 Å². The van der Waals surface area contributed by atoms with Gasteiger partial charge < -0.3 is 22.4 Å². The molecule has 0 aromatic carbocycles. The van der Waals surface area contributed by atoms with Crippen LogP contribution >= 0.6 is 0 Å². The Morgan fingerprint density at radius 2 is 1.67 bits per heavy atom. The van der Waals surface area contributed by atoms with Crippen LogP contribution in [-0.4, -0.2) is 44.1 Å². The molecule has 3 radical (unpaired) electrons. The molecular weight excluding hydrogens is 482 g/mol. The fourth-order valence-electron chi connectivity index (χ4n) is 0.622. The standard InChI is InChI=1S/C4H8BN2.C2H6.CH2NO3.CH4.CH3.W.Y/c5-7-3-1-6-2-4-7;1-2;1-5-2(3)4;;;;/h1-4H2;1-2H3;1H2;1H4;1H3;;/q-1;;-1;;-1;+2;. The van der Waals surface area contributed by atoms with Crippen LogP contribution in [0.25, 0.3) is 5.32 Å². The topological polar surface area (TPSA) is 69.7 Å². The van der Waals surface area contributed by atoms with Crippen LogP contribution in [-0.2, 0) is 58.6 Å². The fraction of sp³-hybridized carbons (Fsp3) is 0.778. The number of hydrogen-bond donors (Lipinski definition) is 0. The minimum atomic E-state index is -0.986. The minimum absolute atomic E-state index is 0. The predicted molar refractivity (Wildman–Crippen MR) is 68.3 cm³/mol. The van der Waals surface area contributed by atoms with Crippen molar-refractivity contribution in [3.8, 4) is 0 Å². The van der Waals surface area contributed by atoms with E-state index in [0.29, 0.717) is 0 Å². The molecule has 1 saturated heterocycles. The van der Waals surface area contributed by atoms with Crippen LogP contribution in [0.2, 0.25) is 0 Å². The quantitative estimate of drug-likeness (QED) is 0.237. The van der Waals surface area contributed by atoms with Crippen LogP contribution in [0, 0.1) is 24.7 Å². The van der Waals surface area contributed by atoms with Gasteiger partial charge in [0.2, 0.25) is 0 Å². The van der Waals surface area contributed by atoms with E-state index in [1.807, 2.05) is 13.8 Å². The Bertz CT molecular complexity index is 144. The molecule has 0 N–H and O–H groups in total. The Morgan fingerprint density at radius 3 is 1.78 bits per heavy atom. The van der Waals surface area contributed by atoms with Crippen molar-refractivity contribution >= 4 is 7.98 Å². The van der Waals surface area contributed by atoms with Crippen LogP contribution in [0.1, 0.15) is 21.3 Å². The molecule has 0 atom stereocenters. The third-order valence-electron chi connectivity index (χ3n) is 1.20. The third-order valence-corrected chi connectivity index (χ3v) is 1.20. The molecule has 0 saturated carbocycles. The van der Waals surface area contributed by atoms with Crippen molar-refractivity contribution in [2.45, 2.75) is 21.3 Å². The zero-order chi connectivity index (χ0) is 11.4. The zero-order valence-corrected chi connectivity index (χ0v) is 16.4. The van der Waals surface area contributed by atoms with E-state index < -0.39 is 5.09 Å². The summed E-state index contributed by atoms with van der Waals surface area (Å²) in [7, 11) is 7.89. The molecule has 0 bridgehead atoms. The van der Waals surface area contributed by atoms with Gasteiger partial charge in [0.25, 0.3) is 5.09 Å². The van der Waals surface area contributed by atoms with Crippen molar-refractivity contribution in [1.82, 2.24) is 4.81 Å². The summed E-state index contributed by atoms with van der Waals surface area (Å²) in [4.78, 5) is 13.9. The molecule has 1 fully saturated rings. The van der Waals surface area contributed by atoms with Gasteiger partial charge in [-0.1, -0.05) is 21.3 Å². The van der Waals surface area contributed by atoms with Gasteiger partial charge in [-0.05, 0) is 13.1 Å². The summed E-state index contributed by atoms with van der Waals surface area (Å²) in [5, 5.41) is 12.0. The Labute approximate surface area is 153 Å². The SMILES string of the molecule is C.CC.[B]N1CC[N-]CC1.[CH2-]O[N+](=O)[O-].[CH3-].[W+2].[Y]. The molecule has 1 aliphatic rings. The van der Waals surface area contributed by atoms with E-state index in [-0.39, 0.29) is 68.6 Å². The second-order valence-corrected chi connectivity index (χ2v) is 2.06. The van der Waals surface area contributed by atoms with Crippen LogP contribution in [0.3, 0.4) is 0 Å². The summed E-state index contributed by atoms with van der Waals surface area (Å²) < 4.78 is 0. The second-order valence-electron chi connectivity index (χ2n) is 2.06. The molecule has 0 spiro atoms. The molecule has 0 aliphatic carbocycles. The van der Waals surface area contributed by atoms with Crippen molar-refractivity contribution in [2.24, 2.45) is 0 Å². The van der Waals surface area contributed by atoms with Gasteiger partial charge in [-0.3, -0.25) is 0 Å². The van der Waals surface area contributed by atoms with Gasteiger partial charge in [-0.25, -0.2) is 0 Å². The van der Waals surface area contributed by atoms with Crippen LogP contribution in [0.4, 0.5) is 0 Å². The monoisotopic (exact) mass is 505 g/mol. The molecule has 0 aromatic rings. The first-order valence-corrected chi connectivity index (χ1v) is 4.36. The molecule has 1 aliphatic heterocycles. The van der Waals surface area contributed by atoms with Gasteiger partial charge >= 0.3 is 21.1 Å². The summed E-state index contributed by atoms with van der Waals surface area (Å²) in [6, 6.07) is 0. The Kier molecular flexibility index (Phi) is 62.2. The van der Waals surface area contributed by atoms with Gasteiger partial charge in [0, 0.05) is 32.7 Å². The first-order valence-electron chi connectivity index (χ1n) is 4.36. The van der Waals surface area contributed by atoms with Gasteiger partial charge in [0.1, 0.15) is 0 Å². The van der Waals surface area contributed by atoms with E-state index >= 15 is 0 Å². The van der Waals surface area contributed by atoms with E-state index in [9.17, 15) is 0 Å². The smallest absolute Gasteiger partial charge is 0.660 e. The molecule has 1 heterocycles. The van der Waals surface area contributed by atoms with Crippen LogP contribution in [0.15, 0.2) is 0 Å². The number of rotatable bonds is 1. The van der Waals surface area contributed by atoms with Gasteiger partial charge in [0.15, 0.2) is 7.98 Å². The Balaban J connectivity index is -0.0000000302. The third kappa shape index (κ3) is 36.0. The van der Waals surface area contributed by atoms with Crippen LogP contribution < -0.4 is 0 Å². The van der Waals surface area contributed by atoms with Crippen molar-refractivity contribution in [3.05, 3.63) is 30.0 Å². The van der Waals surface area contributed by atoms with Crippen molar-refractivity contribution in [1.29, 1.82) is 0 Å². The largest absolute Gasteiger partial charge is 2.00 e. The van der Waals surface area contributed by atoms with Gasteiger partial charge in [-0.15, -0.1) is 23.2 Å². The molecule has 0 aromatic heterocycles. The van der Waals surface area contributed by atoms with Crippen molar-refractivity contribution < 1.29 is 63.7 Å². The molecular formula is C9H23BN3O3WY-. The number of piperazine rings is 1. The van der Waals surface area contributed by atoms with Gasteiger partial charge in [0.05, 0.1) is 0 Å². The van der Waals surface area contributed by atoms with Gasteiger partial charge in [-0.2, -0.15) is 7.11 Å². The average molecular weight is 505 g/mol. The zero-order valence-electron chi connectivity index (χ0n) is 10.7. The summed E-state index contributed by atoms with van der Waals surface area (Å²) >= 11 is 0. The van der Waals surface area contributed by atoms with Crippen molar-refractivity contribution in [3.63, 3.8) is 0 Å². The van der Waals surface area contributed by atoms with E-state index in [1.165, 1.54) is 0 Å². The first-order chi connectivity index (χ1) is 6.66. The second kappa shape index (κ2) is 30.8. The minimum Gasteiger partial charge on any atom is -0.660 e. The maximum atomic E-state index is 8.89. The maximum absolute atomic E-state index is 8.89. The van der Waals surface area contributed by atoms with E-state index in [4.69, 9.17) is 18.1 Å². The molecule has 18 heavy (non-hydrogen) atoms. The summed E-state index contributed by atoms with van der Waals surface area (Å²) in [6.45, 7) is 7.69. The summed E-state index contributed by atoms with van der Waals surface area (Å²) in [5.41, 5.74) is 0. The molecule has 9 heteroatoms. The Morgan fingerprint density at radius 1 is 1.39 bits per heavy atom. The van der Waals surface area contributed by atoms with E-state index in [0.717, 1.165) is 26.2 Å². The number of nitrogens with zero attached hydrogens (tertiary/aromatic N) is 3. The summed E-state index contributed by atoms with van der Waals surface area (Å²) in [6.07, 6.45) is 0. The first kappa shape index (κ1) is 36.4. The summed E-state index contributed by atoms with van der Waals surface area (Å²) in [5.74, 6) is 0. The molecule has 0 amide bonds. The molecule has 0 unspecified atom stereocenters. The Hall–Kier alpha value is 0.977. The number of hydrogen-bond acceptors (Lipinski definition) is 4. The normalized spacial score (nSPS) is 11.9. The maximum Gasteiger partial charge on any atom is 2.00 e. The molecule has 6 nitrogen and oxygen atoms in total. The fourth-order valence-corrected chi connectivity index (χ4v) is 0.622. The predicted octanol–water partition coefficient (Wildman–Crippen LogP) is 1.85. The van der Waals surface area contributed by atoms with Crippen molar-refractivity contribution in [2.75, 3.05) is 26.2 Å². The average Bonchev–Trinajstić information content (AvgIpc) is 2.23. The molecule has 1 rings (SSSR count). The van der Waals surface area contributed by atoms with Crippen LogP contribution in [0.5, 0.6) is 0 Å². The molecule has 105 valence electrons. The van der Waals surface area contributed by atoms with E-state index in [2.05, 4.69) is 17.3 Å².